The number of aryl methyl sites for hydroxylation is 1. The van der Waals surface area contributed by atoms with Gasteiger partial charge < -0.3 is 34.8 Å². The first-order valence-corrected chi connectivity index (χ1v) is 12.6. The number of aliphatic hydroxyl groups excluding tert-OH is 1. The Morgan fingerprint density at radius 1 is 1.23 bits per heavy atom. The fourth-order valence-corrected chi connectivity index (χ4v) is 5.79. The second-order valence-corrected chi connectivity index (χ2v) is 10.1. The summed E-state index contributed by atoms with van der Waals surface area (Å²) in [4.78, 5) is 29.7. The van der Waals surface area contributed by atoms with Crippen LogP contribution in [0.3, 0.4) is 0 Å². The molecular weight excluding hydrogens is 446 g/mol. The quantitative estimate of drug-likeness (QED) is 0.606. The van der Waals surface area contributed by atoms with Crippen molar-refractivity contribution in [2.75, 3.05) is 39.9 Å². The van der Waals surface area contributed by atoms with Crippen LogP contribution in [0, 0.1) is 0 Å². The van der Waals surface area contributed by atoms with E-state index < -0.39 is 6.04 Å². The predicted molar refractivity (Wildman–Crippen MR) is 136 cm³/mol. The van der Waals surface area contributed by atoms with Crippen molar-refractivity contribution in [2.45, 2.75) is 57.5 Å². The third kappa shape index (κ3) is 4.42. The average molecular weight is 486 g/mol. The Morgan fingerprint density at radius 2 is 1.94 bits per heavy atom. The average Bonchev–Trinajstić information content (AvgIpc) is 3.15. The molecule has 1 fully saturated rings. The summed E-state index contributed by atoms with van der Waals surface area (Å²) in [7, 11) is 3.65. The fraction of sp³-hybridized carbons (Fsp3) is 0.615. The number of rotatable bonds is 5. The van der Waals surface area contributed by atoms with Crippen LogP contribution in [0.2, 0.25) is 0 Å². The zero-order chi connectivity index (χ0) is 25.3. The summed E-state index contributed by atoms with van der Waals surface area (Å²) in [6, 6.07) is 5.41. The van der Waals surface area contributed by atoms with Crippen molar-refractivity contribution >= 4 is 23.0 Å². The lowest BCUT2D eigenvalue weighted by Gasteiger charge is -2.50. The first kappa shape index (κ1) is 25.2. The number of aliphatic hydroxyl groups is 1. The van der Waals surface area contributed by atoms with Crippen LogP contribution in [0.25, 0.3) is 10.9 Å². The molecular formula is C26H39N5O4. The minimum absolute atomic E-state index is 0.0138. The maximum absolute atomic E-state index is 13.3. The van der Waals surface area contributed by atoms with Crippen LogP contribution >= 0.6 is 0 Å². The van der Waals surface area contributed by atoms with Crippen molar-refractivity contribution in [3.8, 4) is 5.75 Å². The molecule has 2 aliphatic heterocycles. The lowest BCUT2D eigenvalue weighted by atomic mass is 9.68. The number of carbonyl (C=O) groups excluding carboxylic acids is 2. The number of ether oxygens (including phenoxy) is 1. The second-order valence-electron chi connectivity index (χ2n) is 10.1. The van der Waals surface area contributed by atoms with Gasteiger partial charge >= 0.3 is 12.1 Å². The number of nitrogens with one attached hydrogen (secondary N) is 2. The standard InChI is InChI=1S/C26H39N5O4/c1-6-11-27-24(33)30-12-9-26(10-13-30)16-31(25(34)28-17(2)3)21(15-32)23-22(26)19-8-7-18(35-5)14-20(19)29(23)4/h7-8,14,17,21,32H,6,9-13,15-16H2,1-5H3,(H,27,33)(H,28,34)/t21-/m0/s1. The molecule has 0 unspecified atom stereocenters. The van der Waals surface area contributed by atoms with Crippen molar-refractivity contribution in [3.05, 3.63) is 29.5 Å². The number of hydrogen-bond donors (Lipinski definition) is 3. The summed E-state index contributed by atoms with van der Waals surface area (Å²) >= 11 is 0. The Balaban J connectivity index is 1.80. The first-order chi connectivity index (χ1) is 16.8. The minimum atomic E-state index is -0.455. The van der Waals surface area contributed by atoms with Crippen molar-refractivity contribution < 1.29 is 19.4 Å². The maximum atomic E-state index is 13.3. The Labute approximate surface area is 207 Å². The molecule has 192 valence electrons. The summed E-state index contributed by atoms with van der Waals surface area (Å²) in [5.41, 5.74) is 2.86. The SMILES string of the molecule is CCCNC(=O)N1CCC2(CC1)CN(C(=O)NC(C)C)[C@@H](CO)c1c2c2ccc(OC)cc2n1C. The number of fused-ring (bicyclic) bond motifs is 4. The van der Waals surface area contributed by atoms with E-state index in [4.69, 9.17) is 4.74 Å². The summed E-state index contributed by atoms with van der Waals surface area (Å²) in [5.74, 6) is 0.766. The molecule has 1 saturated heterocycles. The van der Waals surface area contributed by atoms with E-state index in [0.29, 0.717) is 26.2 Å². The smallest absolute Gasteiger partial charge is 0.318 e. The van der Waals surface area contributed by atoms with Gasteiger partial charge in [-0.05, 0) is 50.8 Å². The Kier molecular flexibility index (Phi) is 7.17. The van der Waals surface area contributed by atoms with Crippen LogP contribution in [-0.4, -0.2) is 77.5 Å². The van der Waals surface area contributed by atoms with E-state index in [1.165, 1.54) is 5.56 Å². The van der Waals surface area contributed by atoms with Gasteiger partial charge in [0.2, 0.25) is 0 Å². The van der Waals surface area contributed by atoms with Gasteiger partial charge in [-0.15, -0.1) is 0 Å². The highest BCUT2D eigenvalue weighted by molar-refractivity contribution is 5.89. The first-order valence-electron chi connectivity index (χ1n) is 12.6. The van der Waals surface area contributed by atoms with E-state index in [1.54, 1.807) is 12.0 Å². The van der Waals surface area contributed by atoms with Gasteiger partial charge in [-0.25, -0.2) is 9.59 Å². The lowest BCUT2D eigenvalue weighted by Crippen LogP contribution is -2.58. The zero-order valence-corrected chi connectivity index (χ0v) is 21.6. The van der Waals surface area contributed by atoms with E-state index in [9.17, 15) is 14.7 Å². The van der Waals surface area contributed by atoms with E-state index in [0.717, 1.165) is 41.6 Å². The molecule has 2 aromatic rings. The van der Waals surface area contributed by atoms with Gasteiger partial charge in [-0.2, -0.15) is 0 Å². The Bertz CT molecular complexity index is 1090. The van der Waals surface area contributed by atoms with Crippen LogP contribution < -0.4 is 15.4 Å². The molecule has 4 amide bonds. The van der Waals surface area contributed by atoms with Crippen LogP contribution in [0.4, 0.5) is 9.59 Å². The normalized spacial score (nSPS) is 19.2. The van der Waals surface area contributed by atoms with Crippen molar-refractivity contribution in [3.63, 3.8) is 0 Å². The molecule has 4 rings (SSSR count). The third-order valence-corrected chi connectivity index (χ3v) is 7.53. The molecule has 1 spiro atoms. The Hall–Kier alpha value is -2.94. The Morgan fingerprint density at radius 3 is 2.54 bits per heavy atom. The van der Waals surface area contributed by atoms with Gasteiger partial charge in [-0.1, -0.05) is 6.92 Å². The lowest BCUT2D eigenvalue weighted by molar-refractivity contribution is 0.0712. The summed E-state index contributed by atoms with van der Waals surface area (Å²) in [6.07, 6.45) is 2.39. The molecule has 1 atom stereocenters. The number of likely N-dealkylation sites (tertiary alicyclic amines) is 1. The summed E-state index contributed by atoms with van der Waals surface area (Å²) in [5, 5.41) is 17.6. The number of amides is 4. The van der Waals surface area contributed by atoms with Gasteiger partial charge in [0.25, 0.3) is 0 Å². The fourth-order valence-electron chi connectivity index (χ4n) is 5.79. The number of benzene rings is 1. The van der Waals surface area contributed by atoms with E-state index >= 15 is 0 Å². The number of aromatic nitrogens is 1. The van der Waals surface area contributed by atoms with Gasteiger partial charge in [0, 0.05) is 61.8 Å². The third-order valence-electron chi connectivity index (χ3n) is 7.53. The molecule has 0 bridgehead atoms. The molecule has 35 heavy (non-hydrogen) atoms. The van der Waals surface area contributed by atoms with Gasteiger partial charge in [0.05, 0.1) is 25.3 Å². The van der Waals surface area contributed by atoms with Crippen molar-refractivity contribution in [1.82, 2.24) is 25.0 Å². The molecule has 9 nitrogen and oxygen atoms in total. The van der Waals surface area contributed by atoms with E-state index in [-0.39, 0.29) is 30.1 Å². The molecule has 0 radical (unpaired) electrons. The monoisotopic (exact) mass is 485 g/mol. The molecule has 3 heterocycles. The number of carbonyl (C=O) groups is 2. The van der Waals surface area contributed by atoms with Crippen LogP contribution in [0.1, 0.15) is 57.3 Å². The van der Waals surface area contributed by atoms with Crippen molar-refractivity contribution in [2.24, 2.45) is 7.05 Å². The number of piperidine rings is 1. The van der Waals surface area contributed by atoms with Crippen LogP contribution in [0.15, 0.2) is 18.2 Å². The van der Waals surface area contributed by atoms with Crippen LogP contribution in [-0.2, 0) is 12.5 Å². The second kappa shape index (κ2) is 9.97. The highest BCUT2D eigenvalue weighted by Gasteiger charge is 2.49. The molecule has 1 aromatic heterocycles. The molecule has 3 N–H and O–H groups in total. The topological polar surface area (TPSA) is 99.1 Å². The van der Waals surface area contributed by atoms with E-state index in [2.05, 4.69) is 21.3 Å². The molecule has 1 aromatic carbocycles. The van der Waals surface area contributed by atoms with Crippen LogP contribution in [0.5, 0.6) is 5.75 Å². The molecule has 0 aliphatic carbocycles. The predicted octanol–water partition coefficient (Wildman–Crippen LogP) is 3.11. The highest BCUT2D eigenvalue weighted by atomic mass is 16.5. The minimum Gasteiger partial charge on any atom is -0.497 e. The molecule has 9 heteroatoms. The van der Waals surface area contributed by atoms with E-state index in [1.807, 2.05) is 44.9 Å². The highest BCUT2D eigenvalue weighted by Crippen LogP contribution is 2.50. The molecule has 2 aliphatic rings. The van der Waals surface area contributed by atoms with Gasteiger partial charge in [-0.3, -0.25) is 0 Å². The van der Waals surface area contributed by atoms with Gasteiger partial charge in [0.1, 0.15) is 5.75 Å². The summed E-state index contributed by atoms with van der Waals surface area (Å²) < 4.78 is 7.59. The maximum Gasteiger partial charge on any atom is 0.318 e. The molecule has 0 saturated carbocycles. The zero-order valence-electron chi connectivity index (χ0n) is 21.6. The number of urea groups is 2. The van der Waals surface area contributed by atoms with Gasteiger partial charge in [0.15, 0.2) is 0 Å². The number of nitrogens with zero attached hydrogens (tertiary/aromatic N) is 3. The number of hydrogen-bond acceptors (Lipinski definition) is 4. The largest absolute Gasteiger partial charge is 0.497 e. The van der Waals surface area contributed by atoms with Crippen molar-refractivity contribution in [1.29, 1.82) is 0 Å². The summed E-state index contributed by atoms with van der Waals surface area (Å²) in [6.45, 7) is 8.15. The number of methoxy groups -OCH3 is 1.